The van der Waals surface area contributed by atoms with Crippen LogP contribution in [0.4, 0.5) is 34.1 Å². The number of thiophene rings is 2. The van der Waals surface area contributed by atoms with E-state index in [9.17, 15) is 0 Å². The Morgan fingerprint density at radius 2 is 0.800 bits per heavy atom. The van der Waals surface area contributed by atoms with E-state index in [1.165, 1.54) is 105 Å². The predicted octanol–water partition coefficient (Wildman–Crippen LogP) is 19.7. The maximum atomic E-state index is 7.40. The van der Waals surface area contributed by atoms with E-state index in [4.69, 9.17) is 4.42 Å². The van der Waals surface area contributed by atoms with Gasteiger partial charge in [0.15, 0.2) is 8.07 Å². The first-order valence-corrected chi connectivity index (χ1v) is 32.6. The molecule has 0 spiro atoms. The molecule has 0 aliphatic carbocycles. The van der Waals surface area contributed by atoms with Gasteiger partial charge in [-0.25, -0.2) is 0 Å². The van der Waals surface area contributed by atoms with Gasteiger partial charge in [0.2, 0.25) is 0 Å². The molecule has 18 rings (SSSR count). The first-order valence-electron chi connectivity index (χ1n) is 29.0. The Balaban J connectivity index is 0.863. The van der Waals surface area contributed by atoms with Crippen LogP contribution in [0, 0.1) is 0 Å². The van der Waals surface area contributed by atoms with Crippen LogP contribution in [0.25, 0.3) is 101 Å². The van der Waals surface area contributed by atoms with Gasteiger partial charge in [-0.3, -0.25) is 0 Å². The number of hydrogen-bond acceptors (Lipinski definition) is 5. The molecule has 0 radical (unpaired) electrons. The maximum Gasteiger partial charge on any atom is 0.184 e. The molecule has 0 N–H and O–H groups in total. The number of furan rings is 1. The molecule has 4 nitrogen and oxygen atoms in total. The lowest BCUT2D eigenvalue weighted by molar-refractivity contribution is 0.669. The normalized spacial score (nSPS) is 13.0. The minimum atomic E-state index is -3.25. The lowest BCUT2D eigenvalue weighted by Crippen LogP contribution is -2.77. The van der Waals surface area contributed by atoms with Crippen LogP contribution in [0.5, 0.6) is 0 Å². The average Bonchev–Trinajstić information content (AvgIpc) is 1.79. The standard InChI is InChI=1S/C78H49N3OS2Si/c1-3-17-50(18-4-1)51-31-33-53(34-32-51)79(54-35-37-55(38-36-54)80-67-25-11-7-21-59(67)60-22-8-12-26-68(60)80)56-39-42-61-66-48-70-78(49-72(66)82-71(61)45-56)85(57-40-43-64-62-23-9-14-28-73(62)83-75(64)46-57,58-41-44-65-63-24-10-15-29-74(63)84-76(65)47-58)77-30-16-13-27-69(77)81(70)52-19-5-2-6-20-52/h1-49H. The molecule has 7 heteroatoms. The van der Waals surface area contributed by atoms with Crippen LogP contribution in [0.1, 0.15) is 0 Å². The van der Waals surface area contributed by atoms with E-state index < -0.39 is 8.07 Å². The third-order valence-electron chi connectivity index (χ3n) is 17.8. The van der Waals surface area contributed by atoms with Gasteiger partial charge in [0.05, 0.1) is 11.0 Å². The van der Waals surface area contributed by atoms with Crippen molar-refractivity contribution in [1.82, 2.24) is 4.57 Å². The zero-order chi connectivity index (χ0) is 55.7. The van der Waals surface area contributed by atoms with Crippen molar-refractivity contribution in [3.05, 3.63) is 297 Å². The Morgan fingerprint density at radius 1 is 0.306 bits per heavy atom. The number of anilines is 6. The second kappa shape index (κ2) is 18.9. The lowest BCUT2D eigenvalue weighted by atomic mass is 10.0. The Bertz CT molecular complexity index is 5340. The van der Waals surface area contributed by atoms with Gasteiger partial charge in [-0.15, -0.1) is 22.7 Å². The molecule has 398 valence electrons. The van der Waals surface area contributed by atoms with Crippen molar-refractivity contribution in [3.8, 4) is 16.8 Å². The number of rotatable bonds is 8. The third-order valence-corrected chi connectivity index (χ3v) is 24.9. The summed E-state index contributed by atoms with van der Waals surface area (Å²) in [6.45, 7) is 0. The number of benzene rings is 13. The van der Waals surface area contributed by atoms with Crippen LogP contribution in [-0.2, 0) is 0 Å². The number of para-hydroxylation sites is 4. The molecular weight excluding hydrogens is 1090 g/mol. The third kappa shape index (κ3) is 7.31. The van der Waals surface area contributed by atoms with E-state index in [0.717, 1.165) is 50.4 Å². The van der Waals surface area contributed by atoms with Crippen molar-refractivity contribution in [2.45, 2.75) is 0 Å². The summed E-state index contributed by atoms with van der Waals surface area (Å²) >= 11 is 3.79. The van der Waals surface area contributed by atoms with Crippen molar-refractivity contribution < 1.29 is 4.42 Å². The quantitative estimate of drug-likeness (QED) is 0.142. The summed E-state index contributed by atoms with van der Waals surface area (Å²) < 4.78 is 15.0. The smallest absolute Gasteiger partial charge is 0.184 e. The molecule has 85 heavy (non-hydrogen) atoms. The van der Waals surface area contributed by atoms with Crippen molar-refractivity contribution in [3.63, 3.8) is 0 Å². The van der Waals surface area contributed by atoms with E-state index in [1.54, 1.807) is 0 Å². The van der Waals surface area contributed by atoms with Crippen LogP contribution in [0.2, 0.25) is 0 Å². The summed E-state index contributed by atoms with van der Waals surface area (Å²) in [6, 6.07) is 110. The Morgan fingerprint density at radius 3 is 1.45 bits per heavy atom. The van der Waals surface area contributed by atoms with Crippen LogP contribution >= 0.6 is 22.7 Å². The fourth-order valence-electron chi connectivity index (χ4n) is 14.1. The summed E-state index contributed by atoms with van der Waals surface area (Å²) in [5.41, 5.74) is 14.1. The summed E-state index contributed by atoms with van der Waals surface area (Å²) in [5.74, 6) is 0. The van der Waals surface area contributed by atoms with E-state index in [1.807, 2.05) is 22.7 Å². The lowest BCUT2D eigenvalue weighted by Gasteiger charge is -2.45. The topological polar surface area (TPSA) is 24.6 Å². The second-order valence-electron chi connectivity index (χ2n) is 22.3. The molecule has 4 aromatic heterocycles. The molecule has 0 fully saturated rings. The minimum absolute atomic E-state index is 0.831. The highest BCUT2D eigenvalue weighted by Crippen LogP contribution is 2.46. The average molecular weight is 1140 g/mol. The molecule has 0 saturated carbocycles. The summed E-state index contributed by atoms with van der Waals surface area (Å²) in [6.07, 6.45) is 0. The highest BCUT2D eigenvalue weighted by atomic mass is 32.1. The number of fused-ring (bicyclic) bond motifs is 14. The van der Waals surface area contributed by atoms with Gasteiger partial charge in [-0.2, -0.15) is 0 Å². The molecule has 0 atom stereocenters. The van der Waals surface area contributed by atoms with Crippen molar-refractivity contribution in [2.24, 2.45) is 0 Å². The molecule has 13 aromatic carbocycles. The summed E-state index contributed by atoms with van der Waals surface area (Å²) in [4.78, 5) is 4.88. The molecule has 0 bridgehead atoms. The Kier molecular flexibility index (Phi) is 10.7. The van der Waals surface area contributed by atoms with Crippen LogP contribution in [-0.4, -0.2) is 12.6 Å². The number of hydrogen-bond donors (Lipinski definition) is 0. The summed E-state index contributed by atoms with van der Waals surface area (Å²) in [5, 5.41) is 15.2. The molecule has 5 heterocycles. The van der Waals surface area contributed by atoms with Crippen molar-refractivity contribution in [1.29, 1.82) is 0 Å². The van der Waals surface area contributed by atoms with Crippen molar-refractivity contribution in [2.75, 3.05) is 9.80 Å². The van der Waals surface area contributed by atoms with Gasteiger partial charge in [0.25, 0.3) is 0 Å². The summed E-state index contributed by atoms with van der Waals surface area (Å²) in [7, 11) is -3.25. The van der Waals surface area contributed by atoms with Crippen LogP contribution in [0.15, 0.2) is 302 Å². The fourth-order valence-corrected chi connectivity index (χ4v) is 21.7. The highest BCUT2D eigenvalue weighted by molar-refractivity contribution is 7.27. The van der Waals surface area contributed by atoms with Gasteiger partial charge in [0.1, 0.15) is 11.2 Å². The van der Waals surface area contributed by atoms with Gasteiger partial charge in [0, 0.05) is 108 Å². The second-order valence-corrected chi connectivity index (χ2v) is 28.2. The number of aromatic nitrogens is 1. The molecule has 0 unspecified atom stereocenters. The van der Waals surface area contributed by atoms with Gasteiger partial charge in [-0.1, -0.05) is 176 Å². The first kappa shape index (κ1) is 48.3. The predicted molar refractivity (Wildman–Crippen MR) is 366 cm³/mol. The van der Waals surface area contributed by atoms with E-state index >= 15 is 0 Å². The van der Waals surface area contributed by atoms with Gasteiger partial charge >= 0.3 is 0 Å². The highest BCUT2D eigenvalue weighted by Gasteiger charge is 2.50. The van der Waals surface area contributed by atoms with Crippen LogP contribution in [0.3, 0.4) is 0 Å². The Hall–Kier alpha value is -10.3. The first-order chi connectivity index (χ1) is 42.1. The van der Waals surface area contributed by atoms with Crippen LogP contribution < -0.4 is 30.5 Å². The maximum absolute atomic E-state index is 7.40. The number of nitrogens with zero attached hydrogens (tertiary/aromatic N) is 3. The molecular formula is C78H49N3OS2Si. The SMILES string of the molecule is c1ccc(-c2ccc(N(c3ccc(-n4c5ccccc5c5ccccc54)cc3)c3ccc4c(c3)oc3cc5c(cc34)N(c3ccccc3)c3ccccc3[Si]5(c3ccc4c(c3)sc3ccccc34)c3ccc4c(c3)sc3ccccc34)cc2)cc1. The van der Waals surface area contributed by atoms with Gasteiger partial charge in [-0.05, 0) is 147 Å². The molecule has 1 aliphatic rings. The van der Waals surface area contributed by atoms with E-state index in [2.05, 4.69) is 312 Å². The Labute approximate surface area is 499 Å². The van der Waals surface area contributed by atoms with E-state index in [-0.39, 0.29) is 0 Å². The van der Waals surface area contributed by atoms with E-state index in [0.29, 0.717) is 0 Å². The monoisotopic (exact) mass is 1140 g/mol. The molecule has 17 aromatic rings. The largest absolute Gasteiger partial charge is 0.456 e. The molecule has 0 saturated heterocycles. The molecule has 1 aliphatic heterocycles. The molecule has 0 amide bonds. The van der Waals surface area contributed by atoms with Crippen molar-refractivity contribution >= 4 is 170 Å². The van der Waals surface area contributed by atoms with Gasteiger partial charge < -0.3 is 18.8 Å². The zero-order valence-corrected chi connectivity index (χ0v) is 48.5. The fraction of sp³-hybridized carbons (Fsp3) is 0. The minimum Gasteiger partial charge on any atom is -0.456 e. The zero-order valence-electron chi connectivity index (χ0n) is 45.9.